The highest BCUT2D eigenvalue weighted by Gasteiger charge is 2.43. The zero-order valence-corrected chi connectivity index (χ0v) is 8.80. The average molecular weight is 244 g/mol. The molecular weight excluding hydrogens is 231 g/mol. The third-order valence-electron chi connectivity index (χ3n) is 2.64. The molecule has 1 aliphatic heterocycles. The first kappa shape index (κ1) is 12.0. The normalized spacial score (nSPS) is 32.9. The van der Waals surface area contributed by atoms with E-state index in [0.29, 0.717) is 0 Å². The summed E-state index contributed by atoms with van der Waals surface area (Å²) < 4.78 is 6.19. The highest BCUT2D eigenvalue weighted by molar-refractivity contribution is 5.23. The highest BCUT2D eigenvalue weighted by Crippen LogP contribution is 2.27. The zero-order chi connectivity index (χ0) is 12.6. The predicted molar refractivity (Wildman–Crippen MR) is 55.9 cm³/mol. The van der Waals surface area contributed by atoms with Gasteiger partial charge in [0.2, 0.25) is 0 Å². The summed E-state index contributed by atoms with van der Waals surface area (Å²) in [6.07, 6.45) is -3.27. The number of aliphatic hydroxyl groups excluding tert-OH is 3. The number of aliphatic hydroxyl groups is 3. The van der Waals surface area contributed by atoms with E-state index in [9.17, 15) is 15.0 Å². The number of hydrogen-bond acceptors (Lipinski definition) is 7. The third kappa shape index (κ3) is 2.03. The van der Waals surface area contributed by atoms with E-state index in [4.69, 9.17) is 15.6 Å². The van der Waals surface area contributed by atoms with Crippen LogP contribution in [0.1, 0.15) is 6.23 Å². The number of rotatable bonds is 2. The van der Waals surface area contributed by atoms with Gasteiger partial charge < -0.3 is 25.8 Å². The van der Waals surface area contributed by atoms with Crippen LogP contribution in [-0.4, -0.2) is 49.8 Å². The molecule has 2 rings (SSSR count). The fourth-order valence-corrected chi connectivity index (χ4v) is 1.73. The second kappa shape index (κ2) is 4.41. The van der Waals surface area contributed by atoms with Crippen LogP contribution in [0.2, 0.25) is 0 Å². The van der Waals surface area contributed by atoms with E-state index in [-0.39, 0.29) is 5.82 Å². The fourth-order valence-electron chi connectivity index (χ4n) is 1.73. The van der Waals surface area contributed by atoms with Crippen LogP contribution < -0.4 is 11.4 Å². The molecule has 0 spiro atoms. The molecule has 8 nitrogen and oxygen atoms in total. The van der Waals surface area contributed by atoms with Crippen molar-refractivity contribution in [3.05, 3.63) is 22.7 Å². The monoisotopic (exact) mass is 244 g/mol. The molecule has 0 bridgehead atoms. The number of anilines is 1. The van der Waals surface area contributed by atoms with Crippen LogP contribution in [0.15, 0.2) is 17.1 Å². The first-order valence-corrected chi connectivity index (χ1v) is 5.01. The van der Waals surface area contributed by atoms with Gasteiger partial charge in [0.05, 0.1) is 6.61 Å². The van der Waals surface area contributed by atoms with Crippen molar-refractivity contribution < 1.29 is 20.1 Å². The molecule has 8 heteroatoms. The molecule has 1 aromatic rings. The van der Waals surface area contributed by atoms with Crippen molar-refractivity contribution in [2.75, 3.05) is 12.3 Å². The average Bonchev–Trinajstić information content (AvgIpc) is 2.57. The summed E-state index contributed by atoms with van der Waals surface area (Å²) in [4.78, 5) is 15.0. The number of aromatic nitrogens is 2. The van der Waals surface area contributed by atoms with Crippen molar-refractivity contribution in [3.63, 3.8) is 0 Å². The molecule has 17 heavy (non-hydrogen) atoms. The Morgan fingerprint density at radius 1 is 1.47 bits per heavy atom. The minimum absolute atomic E-state index is 0.0537. The van der Waals surface area contributed by atoms with Crippen LogP contribution in [-0.2, 0) is 4.74 Å². The molecule has 0 amide bonds. The predicted octanol–water partition coefficient (Wildman–Crippen LogP) is -2.56. The molecule has 0 aliphatic carbocycles. The number of ether oxygens (including phenoxy) is 1. The van der Waals surface area contributed by atoms with Crippen LogP contribution in [0, 0.1) is 0 Å². The Bertz CT molecular complexity index is 462. The molecule has 0 radical (unpaired) electrons. The van der Waals surface area contributed by atoms with Gasteiger partial charge in [-0.05, 0) is 6.07 Å². The molecule has 2 heterocycles. The second-order valence-electron chi connectivity index (χ2n) is 3.77. The topological polar surface area (TPSA) is 131 Å². The van der Waals surface area contributed by atoms with Crippen molar-refractivity contribution in [2.24, 2.45) is 0 Å². The van der Waals surface area contributed by atoms with Crippen molar-refractivity contribution in [1.29, 1.82) is 0 Å². The lowest BCUT2D eigenvalue weighted by Gasteiger charge is -2.16. The van der Waals surface area contributed by atoms with E-state index in [1.165, 1.54) is 12.3 Å². The van der Waals surface area contributed by atoms with E-state index in [1.54, 1.807) is 0 Å². The molecule has 94 valence electrons. The maximum atomic E-state index is 11.5. The summed E-state index contributed by atoms with van der Waals surface area (Å²) in [7, 11) is 0. The van der Waals surface area contributed by atoms with Crippen LogP contribution in [0.25, 0.3) is 0 Å². The second-order valence-corrected chi connectivity index (χ2v) is 3.77. The SMILES string of the molecule is Nc1c[13cH]n(C2OC(CO)C(O)C2O)c(=O)n1. The molecule has 1 fully saturated rings. The van der Waals surface area contributed by atoms with Gasteiger partial charge in [-0.15, -0.1) is 0 Å². The Labute approximate surface area is 95.9 Å². The van der Waals surface area contributed by atoms with Crippen molar-refractivity contribution in [1.82, 2.24) is 9.55 Å². The first-order chi connectivity index (χ1) is 8.04. The first-order valence-electron chi connectivity index (χ1n) is 5.01. The molecule has 0 aromatic carbocycles. The van der Waals surface area contributed by atoms with Gasteiger partial charge >= 0.3 is 5.69 Å². The number of nitrogen functional groups attached to an aromatic ring is 1. The maximum Gasteiger partial charge on any atom is 0.351 e. The van der Waals surface area contributed by atoms with Gasteiger partial charge in [0.25, 0.3) is 0 Å². The number of nitrogens with zero attached hydrogens (tertiary/aromatic N) is 2. The molecule has 5 N–H and O–H groups in total. The fraction of sp³-hybridized carbons (Fsp3) is 0.556. The Hall–Kier alpha value is -1.48. The lowest BCUT2D eigenvalue weighted by Crippen LogP contribution is -2.36. The lowest BCUT2D eigenvalue weighted by atomic mass is 10.1. The molecule has 4 atom stereocenters. The van der Waals surface area contributed by atoms with Gasteiger partial charge in [0, 0.05) is 6.20 Å². The van der Waals surface area contributed by atoms with Crippen molar-refractivity contribution in [3.8, 4) is 0 Å². The highest BCUT2D eigenvalue weighted by atomic mass is 16.6. The minimum Gasteiger partial charge on any atom is -0.394 e. The van der Waals surface area contributed by atoms with Gasteiger partial charge in [-0.2, -0.15) is 4.98 Å². The molecule has 1 saturated heterocycles. The molecule has 1 aromatic heterocycles. The Morgan fingerprint density at radius 2 is 2.18 bits per heavy atom. The van der Waals surface area contributed by atoms with Gasteiger partial charge in [-0.1, -0.05) is 0 Å². The van der Waals surface area contributed by atoms with Gasteiger partial charge in [-0.25, -0.2) is 4.79 Å². The maximum absolute atomic E-state index is 11.5. The van der Waals surface area contributed by atoms with E-state index in [0.717, 1.165) is 4.57 Å². The summed E-state index contributed by atoms with van der Waals surface area (Å²) in [6, 6.07) is 1.37. The minimum atomic E-state index is -1.31. The number of hydrogen-bond donors (Lipinski definition) is 4. The zero-order valence-electron chi connectivity index (χ0n) is 8.80. The Morgan fingerprint density at radius 3 is 2.71 bits per heavy atom. The molecule has 4 unspecified atom stereocenters. The summed E-state index contributed by atoms with van der Waals surface area (Å²) in [5.74, 6) is 0.0537. The van der Waals surface area contributed by atoms with Crippen molar-refractivity contribution in [2.45, 2.75) is 24.5 Å². The standard InChI is InChI=1S/C9H13N3O5/c10-5-1-2-12(9(16)11-5)8-7(15)6(14)4(3-13)17-8/h1-2,4,6-8,13-15H,3H2,(H2,10,11,16)/i2+1. The largest absolute Gasteiger partial charge is 0.394 e. The number of nitrogens with two attached hydrogens (primary N) is 1. The van der Waals surface area contributed by atoms with E-state index < -0.39 is 36.8 Å². The van der Waals surface area contributed by atoms with E-state index in [1.807, 2.05) is 0 Å². The Kier molecular flexibility index (Phi) is 3.11. The summed E-state index contributed by atoms with van der Waals surface area (Å²) >= 11 is 0. The quantitative estimate of drug-likeness (QED) is 0.450. The lowest BCUT2D eigenvalue weighted by molar-refractivity contribution is -0.0549. The van der Waals surface area contributed by atoms with Crippen LogP contribution in [0.4, 0.5) is 5.82 Å². The van der Waals surface area contributed by atoms with Gasteiger partial charge in [0.15, 0.2) is 6.23 Å². The van der Waals surface area contributed by atoms with Crippen LogP contribution in [0.3, 0.4) is 0 Å². The van der Waals surface area contributed by atoms with Gasteiger partial charge in [-0.3, -0.25) is 4.57 Å². The van der Waals surface area contributed by atoms with Crippen LogP contribution in [0.5, 0.6) is 0 Å². The Balaban J connectivity index is 2.32. The molecular formula is C9H13N3O5. The van der Waals surface area contributed by atoms with E-state index in [2.05, 4.69) is 4.98 Å². The van der Waals surface area contributed by atoms with Crippen LogP contribution >= 0.6 is 0 Å². The molecule has 1 aliphatic rings. The smallest absolute Gasteiger partial charge is 0.351 e. The third-order valence-corrected chi connectivity index (χ3v) is 2.64. The summed E-state index contributed by atoms with van der Waals surface area (Å²) in [5.41, 5.74) is 4.63. The molecule has 0 saturated carbocycles. The summed E-state index contributed by atoms with van der Waals surface area (Å²) in [5, 5.41) is 28.2. The van der Waals surface area contributed by atoms with Gasteiger partial charge in [0.1, 0.15) is 24.1 Å². The summed E-state index contributed by atoms with van der Waals surface area (Å²) in [6.45, 7) is -0.453. The van der Waals surface area contributed by atoms with Crippen molar-refractivity contribution >= 4 is 5.82 Å². The van der Waals surface area contributed by atoms with E-state index >= 15 is 0 Å².